The number of nitrogens with zero attached hydrogens (tertiary/aromatic N) is 4. The van der Waals surface area contributed by atoms with E-state index in [1.54, 1.807) is 30.4 Å². The molecule has 1 unspecified atom stereocenters. The zero-order valence-electron chi connectivity index (χ0n) is 13.1. The summed E-state index contributed by atoms with van der Waals surface area (Å²) in [6.45, 7) is 3.32. The molecule has 3 rings (SSSR count). The molecule has 23 heavy (non-hydrogen) atoms. The van der Waals surface area contributed by atoms with E-state index in [9.17, 15) is 9.59 Å². The molecule has 1 saturated heterocycles. The summed E-state index contributed by atoms with van der Waals surface area (Å²) in [5.41, 5.74) is 0.333. The molecule has 1 aliphatic rings. The average Bonchev–Trinajstić information content (AvgIpc) is 2.90. The fourth-order valence-electron chi connectivity index (χ4n) is 2.63. The number of rotatable bonds is 4. The molecular formula is C14H19N5O3S. The van der Waals surface area contributed by atoms with Crippen LogP contribution in [-0.2, 0) is 23.1 Å². The molecule has 0 radical (unpaired) electrons. The van der Waals surface area contributed by atoms with Gasteiger partial charge in [0.1, 0.15) is 17.3 Å². The van der Waals surface area contributed by atoms with Crippen molar-refractivity contribution in [2.75, 3.05) is 24.7 Å². The summed E-state index contributed by atoms with van der Waals surface area (Å²) in [5, 5.41) is 4.52. The Hall–Kier alpha value is -1.87. The number of fused-ring (bicyclic) bond motifs is 1. The topological polar surface area (TPSA) is 93.1 Å². The van der Waals surface area contributed by atoms with Crippen molar-refractivity contribution in [3.8, 4) is 0 Å². The van der Waals surface area contributed by atoms with E-state index in [1.807, 2.05) is 4.90 Å². The number of ether oxygens (including phenoxy) is 1. The molecule has 0 aromatic carbocycles. The van der Waals surface area contributed by atoms with Crippen molar-refractivity contribution >= 4 is 28.8 Å². The molecule has 0 bridgehead atoms. The molecule has 1 N–H and O–H groups in total. The lowest BCUT2D eigenvalue weighted by atomic mass is 10.2. The van der Waals surface area contributed by atoms with E-state index < -0.39 is 0 Å². The van der Waals surface area contributed by atoms with Gasteiger partial charge < -0.3 is 9.72 Å². The van der Waals surface area contributed by atoms with Gasteiger partial charge in [0.2, 0.25) is 0 Å². The minimum atomic E-state index is -0.304. The zero-order chi connectivity index (χ0) is 16.4. The highest BCUT2D eigenvalue weighted by Gasteiger charge is 2.30. The number of carbonyl (C=O) groups excluding carboxylic acids is 1. The largest absolute Gasteiger partial charge is 0.465 e. The number of esters is 1. The van der Waals surface area contributed by atoms with Crippen LogP contribution in [-0.4, -0.2) is 61.3 Å². The Bertz CT molecular complexity index is 771. The molecule has 0 aliphatic carbocycles. The zero-order valence-corrected chi connectivity index (χ0v) is 13.9. The van der Waals surface area contributed by atoms with Crippen LogP contribution in [0.15, 0.2) is 11.0 Å². The lowest BCUT2D eigenvalue weighted by Gasteiger charge is -2.33. The molecule has 1 fully saturated rings. The predicted octanol–water partition coefficient (Wildman–Crippen LogP) is 0.137. The maximum absolute atomic E-state index is 12.1. The van der Waals surface area contributed by atoms with Gasteiger partial charge in [0, 0.05) is 25.1 Å². The van der Waals surface area contributed by atoms with Crippen molar-refractivity contribution in [3.63, 3.8) is 0 Å². The summed E-state index contributed by atoms with van der Waals surface area (Å²) < 4.78 is 6.72. The van der Waals surface area contributed by atoms with Gasteiger partial charge in [0.25, 0.3) is 5.56 Å². The number of aromatic nitrogens is 4. The van der Waals surface area contributed by atoms with E-state index in [0.29, 0.717) is 35.8 Å². The normalized spacial score (nSPS) is 19.1. The van der Waals surface area contributed by atoms with Crippen LogP contribution < -0.4 is 5.56 Å². The molecule has 9 heteroatoms. The molecule has 3 heterocycles. The molecule has 0 saturated carbocycles. The van der Waals surface area contributed by atoms with Gasteiger partial charge in [-0.25, -0.2) is 4.98 Å². The summed E-state index contributed by atoms with van der Waals surface area (Å²) in [4.78, 5) is 33.5. The van der Waals surface area contributed by atoms with E-state index in [0.717, 1.165) is 12.3 Å². The fourth-order valence-corrected chi connectivity index (χ4v) is 3.73. The van der Waals surface area contributed by atoms with Crippen LogP contribution in [0, 0.1) is 0 Å². The highest BCUT2D eigenvalue weighted by Crippen LogP contribution is 2.19. The number of nitrogens with one attached hydrogen (secondary N) is 1. The summed E-state index contributed by atoms with van der Waals surface area (Å²) in [6.07, 6.45) is 1.50. The van der Waals surface area contributed by atoms with Gasteiger partial charge in [-0.15, -0.1) is 0 Å². The number of aryl methyl sites for hydroxylation is 1. The first kappa shape index (κ1) is 16.0. The SMILES string of the molecule is CCOC(=O)C1CSCCN1Cc1nc2c(cnn2C)c(=O)[nH]1. The van der Waals surface area contributed by atoms with Crippen molar-refractivity contribution in [3.05, 3.63) is 22.4 Å². The highest BCUT2D eigenvalue weighted by molar-refractivity contribution is 7.99. The van der Waals surface area contributed by atoms with Gasteiger partial charge in [-0.1, -0.05) is 0 Å². The number of hydrogen-bond donors (Lipinski definition) is 1. The number of thioether (sulfide) groups is 1. The van der Waals surface area contributed by atoms with Gasteiger partial charge >= 0.3 is 5.97 Å². The average molecular weight is 337 g/mol. The van der Waals surface area contributed by atoms with Crippen molar-refractivity contribution in [2.45, 2.75) is 19.5 Å². The number of carbonyl (C=O) groups is 1. The Morgan fingerprint density at radius 2 is 2.39 bits per heavy atom. The van der Waals surface area contributed by atoms with Crippen molar-refractivity contribution in [1.82, 2.24) is 24.6 Å². The Morgan fingerprint density at radius 3 is 3.17 bits per heavy atom. The lowest BCUT2D eigenvalue weighted by molar-refractivity contribution is -0.149. The van der Waals surface area contributed by atoms with Crippen LogP contribution >= 0.6 is 11.8 Å². The van der Waals surface area contributed by atoms with Gasteiger partial charge in [-0.05, 0) is 6.92 Å². The quantitative estimate of drug-likeness (QED) is 0.793. The standard InChI is InChI=1S/C14H19N5O3S/c1-3-22-14(21)10-8-23-5-4-19(10)7-11-16-12-9(13(20)17-11)6-15-18(12)2/h6,10H,3-5,7-8H2,1-2H3,(H,16,17,20). The van der Waals surface area contributed by atoms with E-state index >= 15 is 0 Å². The molecule has 1 aliphatic heterocycles. The maximum atomic E-state index is 12.1. The van der Waals surface area contributed by atoms with E-state index in [-0.39, 0.29) is 17.6 Å². The minimum absolute atomic E-state index is 0.211. The molecule has 2 aromatic heterocycles. The minimum Gasteiger partial charge on any atom is -0.465 e. The number of aromatic amines is 1. The highest BCUT2D eigenvalue weighted by atomic mass is 32.2. The van der Waals surface area contributed by atoms with Crippen LogP contribution in [0.2, 0.25) is 0 Å². The molecular weight excluding hydrogens is 318 g/mol. The van der Waals surface area contributed by atoms with Crippen LogP contribution in [0.3, 0.4) is 0 Å². The second-order valence-corrected chi connectivity index (χ2v) is 6.48. The van der Waals surface area contributed by atoms with Crippen LogP contribution in [0.25, 0.3) is 11.0 Å². The third-order valence-corrected chi connectivity index (χ3v) is 4.82. The molecule has 8 nitrogen and oxygen atoms in total. The van der Waals surface area contributed by atoms with Gasteiger partial charge in [0.05, 0.1) is 19.3 Å². The maximum Gasteiger partial charge on any atom is 0.324 e. The van der Waals surface area contributed by atoms with Gasteiger partial charge in [-0.2, -0.15) is 16.9 Å². The second kappa shape index (κ2) is 6.71. The van der Waals surface area contributed by atoms with Crippen molar-refractivity contribution in [1.29, 1.82) is 0 Å². The Balaban J connectivity index is 1.85. The second-order valence-electron chi connectivity index (χ2n) is 5.33. The first-order valence-electron chi connectivity index (χ1n) is 7.49. The summed E-state index contributed by atoms with van der Waals surface area (Å²) in [5.74, 6) is 1.95. The fraction of sp³-hybridized carbons (Fsp3) is 0.571. The monoisotopic (exact) mass is 337 g/mol. The first-order chi connectivity index (χ1) is 11.1. The number of hydrogen-bond acceptors (Lipinski definition) is 7. The summed E-state index contributed by atoms with van der Waals surface area (Å²) >= 11 is 1.73. The van der Waals surface area contributed by atoms with Crippen LogP contribution in [0.4, 0.5) is 0 Å². The van der Waals surface area contributed by atoms with E-state index in [1.165, 1.54) is 6.20 Å². The van der Waals surface area contributed by atoms with Gasteiger partial charge in [-0.3, -0.25) is 19.2 Å². The summed E-state index contributed by atoms with van der Waals surface area (Å²) in [7, 11) is 1.75. The van der Waals surface area contributed by atoms with Crippen LogP contribution in [0.5, 0.6) is 0 Å². The molecule has 2 aromatic rings. The third kappa shape index (κ3) is 3.25. The summed E-state index contributed by atoms with van der Waals surface area (Å²) in [6, 6.07) is -0.304. The Morgan fingerprint density at radius 1 is 1.57 bits per heavy atom. The first-order valence-corrected chi connectivity index (χ1v) is 8.65. The Labute approximate surface area is 137 Å². The molecule has 0 amide bonds. The lowest BCUT2D eigenvalue weighted by Crippen LogP contribution is -2.47. The predicted molar refractivity (Wildman–Crippen MR) is 87.3 cm³/mol. The van der Waals surface area contributed by atoms with Gasteiger partial charge in [0.15, 0.2) is 5.65 Å². The molecule has 1 atom stereocenters. The third-order valence-electron chi connectivity index (χ3n) is 3.80. The van der Waals surface area contributed by atoms with E-state index in [4.69, 9.17) is 4.74 Å². The molecule has 0 spiro atoms. The molecule has 124 valence electrons. The van der Waals surface area contributed by atoms with Crippen LogP contribution in [0.1, 0.15) is 12.7 Å². The smallest absolute Gasteiger partial charge is 0.324 e. The number of H-pyrrole nitrogens is 1. The van der Waals surface area contributed by atoms with E-state index in [2.05, 4.69) is 15.1 Å². The van der Waals surface area contributed by atoms with Crippen molar-refractivity contribution in [2.24, 2.45) is 7.05 Å². The van der Waals surface area contributed by atoms with Crippen molar-refractivity contribution < 1.29 is 9.53 Å². The Kier molecular flexibility index (Phi) is 4.67.